The second-order valence-electron chi connectivity index (χ2n) is 5.77. The molecule has 0 radical (unpaired) electrons. The Hall–Kier alpha value is -3.47. The summed E-state index contributed by atoms with van der Waals surface area (Å²) in [4.78, 5) is 16.3. The first-order chi connectivity index (χ1) is 12.1. The molecule has 0 fully saturated rings. The van der Waals surface area contributed by atoms with E-state index in [4.69, 9.17) is 0 Å². The standard InChI is InChI=1S/C20H15N3O2/c1-13-17(12-21-23(13)14-7-3-2-4-8-14)19-11-16(20(24)25)15-9-5-6-10-18(15)22-19/h2-12H,1H3,(H,24,25). The molecule has 2 aromatic carbocycles. The number of rotatable bonds is 3. The van der Waals surface area contributed by atoms with Crippen molar-refractivity contribution in [3.05, 3.63) is 78.1 Å². The molecule has 5 nitrogen and oxygen atoms in total. The molecule has 0 unspecified atom stereocenters. The molecule has 0 bridgehead atoms. The zero-order chi connectivity index (χ0) is 17.4. The van der Waals surface area contributed by atoms with Gasteiger partial charge in [-0.2, -0.15) is 5.10 Å². The van der Waals surface area contributed by atoms with Crippen molar-refractivity contribution in [2.45, 2.75) is 6.92 Å². The third-order valence-electron chi connectivity index (χ3n) is 4.23. The molecule has 4 rings (SSSR count). The summed E-state index contributed by atoms with van der Waals surface area (Å²) in [6.07, 6.45) is 1.73. The van der Waals surface area contributed by atoms with Crippen molar-refractivity contribution in [1.82, 2.24) is 14.8 Å². The van der Waals surface area contributed by atoms with E-state index < -0.39 is 5.97 Å². The van der Waals surface area contributed by atoms with Gasteiger partial charge in [0.1, 0.15) is 0 Å². The van der Waals surface area contributed by atoms with E-state index in [2.05, 4.69) is 10.1 Å². The first kappa shape index (κ1) is 15.1. The van der Waals surface area contributed by atoms with E-state index >= 15 is 0 Å². The number of pyridine rings is 1. The van der Waals surface area contributed by atoms with E-state index in [9.17, 15) is 9.90 Å². The van der Waals surface area contributed by atoms with Gasteiger partial charge in [-0.25, -0.2) is 14.5 Å². The summed E-state index contributed by atoms with van der Waals surface area (Å²) in [5, 5.41) is 14.6. The van der Waals surface area contributed by atoms with E-state index in [0.29, 0.717) is 16.6 Å². The second-order valence-corrected chi connectivity index (χ2v) is 5.77. The van der Waals surface area contributed by atoms with Crippen LogP contribution in [0.25, 0.3) is 27.8 Å². The van der Waals surface area contributed by atoms with Gasteiger partial charge in [-0.05, 0) is 31.2 Å². The number of para-hydroxylation sites is 2. The normalized spacial score (nSPS) is 10.9. The molecule has 4 aromatic rings. The number of carboxylic acids is 1. The Balaban J connectivity index is 1.91. The summed E-state index contributed by atoms with van der Waals surface area (Å²) < 4.78 is 1.83. The molecule has 25 heavy (non-hydrogen) atoms. The molecule has 0 amide bonds. The number of carbonyl (C=O) groups is 1. The van der Waals surface area contributed by atoms with Crippen molar-refractivity contribution in [2.24, 2.45) is 0 Å². The molecular weight excluding hydrogens is 314 g/mol. The number of aromatic carboxylic acids is 1. The zero-order valence-electron chi connectivity index (χ0n) is 13.5. The zero-order valence-corrected chi connectivity index (χ0v) is 13.5. The van der Waals surface area contributed by atoms with Crippen molar-refractivity contribution in [3.63, 3.8) is 0 Å². The Morgan fingerprint density at radius 1 is 1.04 bits per heavy atom. The molecule has 0 aliphatic heterocycles. The van der Waals surface area contributed by atoms with Crippen LogP contribution in [0.3, 0.4) is 0 Å². The number of aromatic nitrogens is 3. The minimum atomic E-state index is -0.965. The fourth-order valence-electron chi connectivity index (χ4n) is 2.98. The van der Waals surface area contributed by atoms with Crippen molar-refractivity contribution in [2.75, 3.05) is 0 Å². The van der Waals surface area contributed by atoms with Gasteiger partial charge in [-0.15, -0.1) is 0 Å². The number of carboxylic acid groups (broad SMARTS) is 1. The average molecular weight is 329 g/mol. The molecule has 0 aliphatic carbocycles. The fourth-order valence-corrected chi connectivity index (χ4v) is 2.98. The van der Waals surface area contributed by atoms with Gasteiger partial charge in [-0.3, -0.25) is 0 Å². The first-order valence-corrected chi connectivity index (χ1v) is 7.88. The average Bonchev–Trinajstić information content (AvgIpc) is 3.03. The lowest BCUT2D eigenvalue weighted by atomic mass is 10.0. The SMILES string of the molecule is Cc1c(-c2cc(C(=O)O)c3ccccc3n2)cnn1-c1ccccc1. The van der Waals surface area contributed by atoms with Crippen molar-refractivity contribution < 1.29 is 9.90 Å². The van der Waals surface area contributed by atoms with Gasteiger partial charge in [0.2, 0.25) is 0 Å². The van der Waals surface area contributed by atoms with Gasteiger partial charge < -0.3 is 5.11 Å². The van der Waals surface area contributed by atoms with Crippen LogP contribution in [0.5, 0.6) is 0 Å². The highest BCUT2D eigenvalue weighted by molar-refractivity contribution is 6.03. The molecule has 0 saturated heterocycles. The minimum Gasteiger partial charge on any atom is -0.478 e. The Morgan fingerprint density at radius 2 is 1.76 bits per heavy atom. The Kier molecular flexibility index (Phi) is 3.54. The van der Waals surface area contributed by atoms with E-state index in [0.717, 1.165) is 16.9 Å². The topological polar surface area (TPSA) is 68.0 Å². The van der Waals surface area contributed by atoms with Crippen LogP contribution in [0, 0.1) is 6.92 Å². The maximum Gasteiger partial charge on any atom is 0.336 e. The lowest BCUT2D eigenvalue weighted by Gasteiger charge is -2.08. The van der Waals surface area contributed by atoms with Gasteiger partial charge in [0.05, 0.1) is 34.4 Å². The number of hydrogen-bond donors (Lipinski definition) is 1. The number of fused-ring (bicyclic) bond motifs is 1. The molecule has 1 N–H and O–H groups in total. The number of hydrogen-bond acceptors (Lipinski definition) is 3. The van der Waals surface area contributed by atoms with Gasteiger partial charge in [0, 0.05) is 10.9 Å². The predicted molar refractivity (Wildman–Crippen MR) is 96.0 cm³/mol. The smallest absolute Gasteiger partial charge is 0.336 e. The lowest BCUT2D eigenvalue weighted by molar-refractivity contribution is 0.0699. The van der Waals surface area contributed by atoms with Crippen LogP contribution in [0.2, 0.25) is 0 Å². The fraction of sp³-hybridized carbons (Fsp3) is 0.0500. The molecule has 2 heterocycles. The van der Waals surface area contributed by atoms with Gasteiger partial charge in [0.25, 0.3) is 0 Å². The highest BCUT2D eigenvalue weighted by Gasteiger charge is 2.16. The van der Waals surface area contributed by atoms with E-state index in [1.807, 2.05) is 60.1 Å². The lowest BCUT2D eigenvalue weighted by Crippen LogP contribution is -2.01. The Morgan fingerprint density at radius 3 is 2.52 bits per heavy atom. The summed E-state index contributed by atoms with van der Waals surface area (Å²) >= 11 is 0. The predicted octanol–water partition coefficient (Wildman–Crippen LogP) is 4.09. The molecular formula is C20H15N3O2. The first-order valence-electron chi connectivity index (χ1n) is 7.88. The molecule has 5 heteroatoms. The quantitative estimate of drug-likeness (QED) is 0.614. The summed E-state index contributed by atoms with van der Waals surface area (Å²) in [5.41, 5.74) is 4.18. The number of benzene rings is 2. The Labute approximate surface area is 144 Å². The third kappa shape index (κ3) is 2.55. The maximum atomic E-state index is 11.7. The second kappa shape index (κ2) is 5.87. The highest BCUT2D eigenvalue weighted by atomic mass is 16.4. The molecule has 0 atom stereocenters. The summed E-state index contributed by atoms with van der Waals surface area (Å²) in [6.45, 7) is 1.95. The van der Waals surface area contributed by atoms with E-state index in [-0.39, 0.29) is 5.56 Å². The van der Waals surface area contributed by atoms with Crippen LogP contribution in [0.15, 0.2) is 66.9 Å². The van der Waals surface area contributed by atoms with Crippen molar-refractivity contribution in [1.29, 1.82) is 0 Å². The summed E-state index contributed by atoms with van der Waals surface area (Å²) in [6, 6.07) is 18.7. The number of nitrogens with zero attached hydrogens (tertiary/aromatic N) is 3. The summed E-state index contributed by atoms with van der Waals surface area (Å²) in [7, 11) is 0. The van der Waals surface area contributed by atoms with Gasteiger partial charge in [-0.1, -0.05) is 36.4 Å². The van der Waals surface area contributed by atoms with Crippen LogP contribution >= 0.6 is 0 Å². The molecule has 0 saturated carbocycles. The minimum absolute atomic E-state index is 0.243. The van der Waals surface area contributed by atoms with Crippen LogP contribution in [-0.2, 0) is 0 Å². The van der Waals surface area contributed by atoms with E-state index in [1.165, 1.54) is 0 Å². The molecule has 2 aromatic heterocycles. The van der Waals surface area contributed by atoms with Crippen LogP contribution in [0.4, 0.5) is 0 Å². The monoisotopic (exact) mass is 329 g/mol. The molecule has 0 aliphatic rings. The van der Waals surface area contributed by atoms with Gasteiger partial charge >= 0.3 is 5.97 Å². The van der Waals surface area contributed by atoms with Crippen LogP contribution in [0.1, 0.15) is 16.1 Å². The van der Waals surface area contributed by atoms with Crippen LogP contribution in [-0.4, -0.2) is 25.8 Å². The van der Waals surface area contributed by atoms with Crippen molar-refractivity contribution >= 4 is 16.9 Å². The van der Waals surface area contributed by atoms with Crippen molar-refractivity contribution in [3.8, 4) is 16.9 Å². The third-order valence-corrected chi connectivity index (χ3v) is 4.23. The van der Waals surface area contributed by atoms with Gasteiger partial charge in [0.15, 0.2) is 0 Å². The molecule has 0 spiro atoms. The molecule has 122 valence electrons. The van der Waals surface area contributed by atoms with E-state index in [1.54, 1.807) is 18.3 Å². The largest absolute Gasteiger partial charge is 0.478 e. The van der Waals surface area contributed by atoms with Crippen LogP contribution < -0.4 is 0 Å². The maximum absolute atomic E-state index is 11.7. The summed E-state index contributed by atoms with van der Waals surface area (Å²) in [5.74, 6) is -0.965. The highest BCUT2D eigenvalue weighted by Crippen LogP contribution is 2.28. The Bertz CT molecular complexity index is 1080.